The molecule has 0 unspecified atom stereocenters. The summed E-state index contributed by atoms with van der Waals surface area (Å²) in [6, 6.07) is 16.1. The van der Waals surface area contributed by atoms with Gasteiger partial charge in [-0.1, -0.05) is 60.7 Å². The van der Waals surface area contributed by atoms with Crippen molar-refractivity contribution in [1.82, 2.24) is 15.2 Å². The van der Waals surface area contributed by atoms with Gasteiger partial charge in [0.15, 0.2) is 0 Å². The smallest absolute Gasteiger partial charge is 0.270 e. The van der Waals surface area contributed by atoms with Crippen LogP contribution in [0.25, 0.3) is 22.4 Å². The quantitative estimate of drug-likeness (QED) is 0.269. The lowest BCUT2D eigenvalue weighted by atomic mass is 9.94. The maximum absolute atomic E-state index is 13.2. The number of likely N-dealkylation sites (N-methyl/N-ethyl adjacent to an activating group) is 1. The van der Waals surface area contributed by atoms with Crippen LogP contribution < -0.4 is 10.1 Å². The van der Waals surface area contributed by atoms with E-state index < -0.39 is 0 Å². The number of carbonyl (C=O) groups is 1. The fraction of sp³-hybridized carbons (Fsp3) is 0.438. The van der Waals surface area contributed by atoms with Crippen molar-refractivity contribution < 1.29 is 14.6 Å². The highest BCUT2D eigenvalue weighted by atomic mass is 35.5. The monoisotopic (exact) mass is 549 g/mol. The third-order valence-electron chi connectivity index (χ3n) is 7.37. The maximum Gasteiger partial charge on any atom is 0.270 e. The summed E-state index contributed by atoms with van der Waals surface area (Å²) in [5.74, 6) is 0.456. The number of amides is 1. The normalized spacial score (nSPS) is 14.0. The van der Waals surface area contributed by atoms with E-state index in [-0.39, 0.29) is 18.6 Å². The average molecular weight is 550 g/mol. The van der Waals surface area contributed by atoms with Gasteiger partial charge in [-0.2, -0.15) is 0 Å². The molecule has 2 aromatic carbocycles. The van der Waals surface area contributed by atoms with Crippen molar-refractivity contribution in [1.29, 1.82) is 0 Å². The van der Waals surface area contributed by atoms with Gasteiger partial charge in [-0.15, -0.1) is 0 Å². The molecular weight excluding hydrogens is 510 g/mol. The topological polar surface area (TPSA) is 74.7 Å². The zero-order valence-electron chi connectivity index (χ0n) is 23.3. The Labute approximate surface area is 237 Å². The molecular formula is C32H40ClN3O3. The highest BCUT2D eigenvalue weighted by Gasteiger charge is 2.20. The molecule has 0 saturated heterocycles. The van der Waals surface area contributed by atoms with Gasteiger partial charge in [0.05, 0.1) is 23.9 Å². The van der Waals surface area contributed by atoms with Crippen LogP contribution in [0, 0.1) is 13.8 Å². The van der Waals surface area contributed by atoms with Crippen LogP contribution in [0.1, 0.15) is 60.1 Å². The summed E-state index contributed by atoms with van der Waals surface area (Å²) in [7, 11) is 1.97. The van der Waals surface area contributed by atoms with Crippen LogP contribution in [0.2, 0.25) is 5.02 Å². The lowest BCUT2D eigenvalue weighted by Gasteiger charge is -2.23. The fourth-order valence-electron chi connectivity index (χ4n) is 5.21. The SMILES string of the molecule is Cc1ccc(-c2ccc(C(=O)NC3CCCCC3)nc2-c2ccc(Cl)c(OCCCN(C)CCO)c2)c(C)c1. The summed E-state index contributed by atoms with van der Waals surface area (Å²) < 4.78 is 6.06. The highest BCUT2D eigenvalue weighted by Crippen LogP contribution is 2.37. The maximum atomic E-state index is 13.2. The first-order valence-corrected chi connectivity index (χ1v) is 14.3. The number of ether oxygens (including phenoxy) is 1. The lowest BCUT2D eigenvalue weighted by molar-refractivity contribution is 0.0923. The third-order valence-corrected chi connectivity index (χ3v) is 7.68. The zero-order valence-corrected chi connectivity index (χ0v) is 24.1. The Morgan fingerprint density at radius 3 is 2.56 bits per heavy atom. The van der Waals surface area contributed by atoms with Crippen LogP contribution in [0.3, 0.4) is 0 Å². The Kier molecular flexibility index (Phi) is 10.4. The number of aromatic nitrogens is 1. The molecule has 1 aromatic heterocycles. The van der Waals surface area contributed by atoms with Crippen LogP contribution in [-0.2, 0) is 0 Å². The van der Waals surface area contributed by atoms with Crippen LogP contribution in [0.15, 0.2) is 48.5 Å². The first-order valence-electron chi connectivity index (χ1n) is 14.0. The number of rotatable bonds is 11. The molecule has 1 saturated carbocycles. The van der Waals surface area contributed by atoms with Crippen LogP contribution in [-0.4, -0.2) is 60.3 Å². The van der Waals surface area contributed by atoms with Crippen LogP contribution in [0.5, 0.6) is 5.75 Å². The largest absolute Gasteiger partial charge is 0.492 e. The van der Waals surface area contributed by atoms with Gasteiger partial charge in [-0.05, 0) is 75.5 Å². The number of carbonyl (C=O) groups excluding carboxylic acids is 1. The summed E-state index contributed by atoms with van der Waals surface area (Å²) >= 11 is 6.51. The van der Waals surface area contributed by atoms with Crippen molar-refractivity contribution in [2.45, 2.75) is 58.4 Å². The zero-order chi connectivity index (χ0) is 27.8. The van der Waals surface area contributed by atoms with Gasteiger partial charge in [-0.25, -0.2) is 4.98 Å². The predicted octanol–water partition coefficient (Wildman–Crippen LogP) is 6.44. The molecule has 1 fully saturated rings. The van der Waals surface area contributed by atoms with Crippen molar-refractivity contribution in [3.05, 3.63) is 70.4 Å². The van der Waals surface area contributed by atoms with E-state index >= 15 is 0 Å². The molecule has 3 aromatic rings. The van der Waals surface area contributed by atoms with Gasteiger partial charge in [-0.3, -0.25) is 4.79 Å². The molecule has 1 aliphatic rings. The number of hydrogen-bond donors (Lipinski definition) is 2. The standard InChI is InChI=1S/C32H40ClN3O3/c1-22-10-12-26(23(2)20-22)27-13-15-29(32(38)34-25-8-5-4-6-9-25)35-31(27)24-11-14-28(33)30(21-24)39-19-7-16-36(3)17-18-37/h10-15,20-21,25,37H,4-9,16-19H2,1-3H3,(H,34,38). The molecule has 6 nitrogen and oxygen atoms in total. The van der Waals surface area contributed by atoms with Crippen molar-refractivity contribution >= 4 is 17.5 Å². The number of halogens is 1. The van der Waals surface area contributed by atoms with Crippen LogP contribution in [0.4, 0.5) is 0 Å². The van der Waals surface area contributed by atoms with E-state index in [4.69, 9.17) is 26.4 Å². The van der Waals surface area contributed by atoms with Crippen molar-refractivity contribution in [2.24, 2.45) is 0 Å². The molecule has 1 aliphatic carbocycles. The first kappa shape index (κ1) is 29.1. The third kappa shape index (κ3) is 7.81. The molecule has 1 heterocycles. The molecule has 4 rings (SSSR count). The second-order valence-corrected chi connectivity index (χ2v) is 11.0. The second-order valence-electron chi connectivity index (χ2n) is 10.6. The molecule has 1 amide bonds. The number of nitrogens with zero attached hydrogens (tertiary/aromatic N) is 2. The molecule has 0 atom stereocenters. The Hall–Kier alpha value is -2.93. The van der Waals surface area contributed by atoms with Gasteiger partial charge in [0.1, 0.15) is 11.4 Å². The van der Waals surface area contributed by atoms with Gasteiger partial charge in [0, 0.05) is 30.3 Å². The molecule has 0 spiro atoms. The van der Waals surface area contributed by atoms with E-state index in [0.717, 1.165) is 66.6 Å². The van der Waals surface area contributed by atoms with E-state index in [0.29, 0.717) is 29.6 Å². The van der Waals surface area contributed by atoms with Crippen molar-refractivity contribution in [2.75, 3.05) is 33.4 Å². The minimum absolute atomic E-state index is 0.132. The van der Waals surface area contributed by atoms with Crippen molar-refractivity contribution in [3.63, 3.8) is 0 Å². The Morgan fingerprint density at radius 1 is 1.05 bits per heavy atom. The van der Waals surface area contributed by atoms with Gasteiger partial charge in [0.2, 0.25) is 0 Å². The molecule has 208 valence electrons. The number of pyridine rings is 1. The van der Waals surface area contributed by atoms with E-state index in [1.807, 2.05) is 37.4 Å². The average Bonchev–Trinajstić information content (AvgIpc) is 2.92. The minimum Gasteiger partial charge on any atom is -0.492 e. The number of benzene rings is 2. The number of nitrogens with one attached hydrogen (secondary N) is 1. The van der Waals surface area contributed by atoms with Crippen LogP contribution >= 0.6 is 11.6 Å². The lowest BCUT2D eigenvalue weighted by Crippen LogP contribution is -2.36. The molecule has 7 heteroatoms. The Morgan fingerprint density at radius 2 is 1.82 bits per heavy atom. The Balaban J connectivity index is 1.65. The molecule has 0 bridgehead atoms. The van der Waals surface area contributed by atoms with E-state index in [9.17, 15) is 4.79 Å². The molecule has 0 radical (unpaired) electrons. The molecule has 39 heavy (non-hydrogen) atoms. The van der Waals surface area contributed by atoms with E-state index in [1.165, 1.54) is 12.0 Å². The van der Waals surface area contributed by atoms with Crippen molar-refractivity contribution in [3.8, 4) is 28.1 Å². The Bertz CT molecular complexity index is 1270. The summed E-state index contributed by atoms with van der Waals surface area (Å²) in [6.07, 6.45) is 6.39. The number of aliphatic hydroxyl groups excluding tert-OH is 1. The van der Waals surface area contributed by atoms with Gasteiger partial charge < -0.3 is 20.1 Å². The number of aryl methyl sites for hydroxylation is 2. The number of aliphatic hydroxyl groups is 1. The highest BCUT2D eigenvalue weighted by molar-refractivity contribution is 6.32. The summed E-state index contributed by atoms with van der Waals surface area (Å²) in [4.78, 5) is 20.2. The number of hydrogen-bond acceptors (Lipinski definition) is 5. The minimum atomic E-state index is -0.132. The molecule has 0 aliphatic heterocycles. The van der Waals surface area contributed by atoms with E-state index in [2.05, 4.69) is 42.3 Å². The van der Waals surface area contributed by atoms with Gasteiger partial charge >= 0.3 is 0 Å². The molecule has 2 N–H and O–H groups in total. The second kappa shape index (κ2) is 13.9. The fourth-order valence-corrected chi connectivity index (χ4v) is 5.38. The summed E-state index contributed by atoms with van der Waals surface area (Å²) in [5.41, 5.74) is 6.35. The summed E-state index contributed by atoms with van der Waals surface area (Å²) in [6.45, 7) is 6.26. The predicted molar refractivity (Wildman–Crippen MR) is 159 cm³/mol. The summed E-state index contributed by atoms with van der Waals surface area (Å²) in [5, 5.41) is 12.8. The van der Waals surface area contributed by atoms with E-state index in [1.54, 1.807) is 0 Å². The first-order chi connectivity index (χ1) is 18.9. The van der Waals surface area contributed by atoms with Gasteiger partial charge in [0.25, 0.3) is 5.91 Å².